The predicted octanol–water partition coefficient (Wildman–Crippen LogP) is 7.74. The van der Waals surface area contributed by atoms with Crippen LogP contribution in [0.1, 0.15) is 5.56 Å². The molecule has 0 fully saturated rings. The van der Waals surface area contributed by atoms with E-state index >= 15 is 0 Å². The maximum atomic E-state index is 6.46. The van der Waals surface area contributed by atoms with E-state index in [9.17, 15) is 0 Å². The fourth-order valence-corrected chi connectivity index (χ4v) is 3.81. The van der Waals surface area contributed by atoms with Gasteiger partial charge in [0.1, 0.15) is 11.3 Å². The third kappa shape index (κ3) is 2.82. The van der Waals surface area contributed by atoms with Crippen LogP contribution in [0.3, 0.4) is 0 Å². The molecule has 0 unspecified atom stereocenters. The second-order valence-electron chi connectivity index (χ2n) is 7.05. The van der Waals surface area contributed by atoms with Gasteiger partial charge in [0, 0.05) is 22.1 Å². The Kier molecular flexibility index (Phi) is 4.06. The van der Waals surface area contributed by atoms with Gasteiger partial charge in [-0.25, -0.2) is 0 Å². The first-order chi connectivity index (χ1) is 13.8. The van der Waals surface area contributed by atoms with Crippen molar-refractivity contribution in [1.29, 1.82) is 0 Å². The predicted molar refractivity (Wildman–Crippen MR) is 117 cm³/mol. The smallest absolute Gasteiger partial charge is 0.142 e. The molecule has 0 aliphatic carbocycles. The minimum atomic E-state index is 0.943. The summed E-state index contributed by atoms with van der Waals surface area (Å²) in [6, 6.07) is 35.8. The molecule has 1 heterocycles. The highest BCUT2D eigenvalue weighted by molar-refractivity contribution is 6.00. The first-order valence-corrected chi connectivity index (χ1v) is 9.54. The molecular formula is C27H20O. The zero-order valence-electron chi connectivity index (χ0n) is 15.7. The first kappa shape index (κ1) is 16.6. The zero-order chi connectivity index (χ0) is 18.9. The number of benzene rings is 4. The molecule has 0 aliphatic heterocycles. The topological polar surface area (TPSA) is 13.1 Å². The van der Waals surface area contributed by atoms with Crippen molar-refractivity contribution >= 4 is 11.0 Å². The van der Waals surface area contributed by atoms with Crippen LogP contribution in [0.2, 0.25) is 0 Å². The van der Waals surface area contributed by atoms with Crippen LogP contribution in [-0.4, -0.2) is 0 Å². The van der Waals surface area contributed by atoms with E-state index in [0.29, 0.717) is 0 Å². The number of hydrogen-bond acceptors (Lipinski definition) is 1. The molecule has 4 aromatic carbocycles. The summed E-state index contributed by atoms with van der Waals surface area (Å²) in [5.41, 5.74) is 7.94. The average molecular weight is 360 g/mol. The summed E-state index contributed by atoms with van der Waals surface area (Å²) in [5, 5.41) is 1.17. The lowest BCUT2D eigenvalue weighted by Crippen LogP contribution is -1.84. The highest BCUT2D eigenvalue weighted by atomic mass is 16.3. The maximum absolute atomic E-state index is 6.46. The lowest BCUT2D eigenvalue weighted by Gasteiger charge is -2.08. The number of hydrogen-bond donors (Lipinski definition) is 0. The summed E-state index contributed by atoms with van der Waals surface area (Å²) in [5.74, 6) is 0.943. The zero-order valence-corrected chi connectivity index (χ0v) is 15.7. The molecule has 1 aromatic heterocycles. The minimum absolute atomic E-state index is 0.943. The molecule has 0 atom stereocenters. The Bertz CT molecular complexity index is 1230. The standard InChI is InChI=1S/C27H20O/c1-19-24-17-23(20-11-5-2-6-12-20)18-25(21-13-7-3-8-14-21)27(24)28-26(19)22-15-9-4-10-16-22/h2-18H,1H3. The van der Waals surface area contributed by atoms with Crippen molar-refractivity contribution in [1.82, 2.24) is 0 Å². The molecule has 1 nitrogen and oxygen atoms in total. The number of rotatable bonds is 3. The third-order valence-corrected chi connectivity index (χ3v) is 5.27. The van der Waals surface area contributed by atoms with Crippen LogP contribution in [0, 0.1) is 6.92 Å². The molecule has 0 spiro atoms. The van der Waals surface area contributed by atoms with E-state index in [0.717, 1.165) is 22.5 Å². The molecule has 28 heavy (non-hydrogen) atoms. The number of aryl methyl sites for hydroxylation is 1. The van der Waals surface area contributed by atoms with Crippen LogP contribution in [-0.2, 0) is 0 Å². The summed E-state index contributed by atoms with van der Waals surface area (Å²) >= 11 is 0. The fraction of sp³-hybridized carbons (Fsp3) is 0.0370. The molecule has 1 heteroatoms. The summed E-state index contributed by atoms with van der Waals surface area (Å²) in [4.78, 5) is 0. The molecular weight excluding hydrogens is 340 g/mol. The van der Waals surface area contributed by atoms with Gasteiger partial charge in [-0.3, -0.25) is 0 Å². The van der Waals surface area contributed by atoms with Crippen LogP contribution in [0.25, 0.3) is 44.5 Å². The van der Waals surface area contributed by atoms with Crippen molar-refractivity contribution in [2.24, 2.45) is 0 Å². The van der Waals surface area contributed by atoms with Crippen LogP contribution >= 0.6 is 0 Å². The van der Waals surface area contributed by atoms with Gasteiger partial charge in [0.15, 0.2) is 0 Å². The van der Waals surface area contributed by atoms with E-state index in [1.54, 1.807) is 0 Å². The third-order valence-electron chi connectivity index (χ3n) is 5.27. The Morgan fingerprint density at radius 1 is 0.536 bits per heavy atom. The van der Waals surface area contributed by atoms with Crippen molar-refractivity contribution in [3.63, 3.8) is 0 Å². The van der Waals surface area contributed by atoms with Crippen LogP contribution in [0.5, 0.6) is 0 Å². The Balaban J connectivity index is 1.83. The molecule has 134 valence electrons. The van der Waals surface area contributed by atoms with E-state index < -0.39 is 0 Å². The van der Waals surface area contributed by atoms with Crippen molar-refractivity contribution in [3.8, 4) is 33.6 Å². The number of furan rings is 1. The molecule has 5 rings (SSSR count). The van der Waals surface area contributed by atoms with Crippen LogP contribution < -0.4 is 0 Å². The van der Waals surface area contributed by atoms with Gasteiger partial charge in [0.05, 0.1) is 0 Å². The van der Waals surface area contributed by atoms with Crippen molar-refractivity contribution < 1.29 is 4.42 Å². The Morgan fingerprint density at radius 2 is 1.07 bits per heavy atom. The lowest BCUT2D eigenvalue weighted by molar-refractivity contribution is 0.630. The summed E-state index contributed by atoms with van der Waals surface area (Å²) in [6.07, 6.45) is 0. The second-order valence-corrected chi connectivity index (χ2v) is 7.05. The van der Waals surface area contributed by atoms with Gasteiger partial charge in [-0.1, -0.05) is 91.0 Å². The minimum Gasteiger partial charge on any atom is -0.455 e. The van der Waals surface area contributed by atoms with Crippen molar-refractivity contribution in [2.75, 3.05) is 0 Å². The first-order valence-electron chi connectivity index (χ1n) is 9.54. The molecule has 0 N–H and O–H groups in total. The second kappa shape index (κ2) is 6.86. The molecule has 0 amide bonds. The van der Waals surface area contributed by atoms with E-state index in [2.05, 4.69) is 97.9 Å². The molecule has 0 aliphatic rings. The molecule has 0 saturated heterocycles. The van der Waals surface area contributed by atoms with Gasteiger partial charge < -0.3 is 4.42 Å². The summed E-state index contributed by atoms with van der Waals surface area (Å²) < 4.78 is 6.46. The monoisotopic (exact) mass is 360 g/mol. The highest BCUT2D eigenvalue weighted by Crippen LogP contribution is 2.41. The fourth-order valence-electron chi connectivity index (χ4n) is 3.81. The largest absolute Gasteiger partial charge is 0.455 e. The Morgan fingerprint density at radius 3 is 1.68 bits per heavy atom. The maximum Gasteiger partial charge on any atom is 0.142 e. The Hall–Kier alpha value is -3.58. The van der Waals surface area contributed by atoms with Gasteiger partial charge in [-0.15, -0.1) is 0 Å². The molecule has 0 bridgehead atoms. The number of fused-ring (bicyclic) bond motifs is 1. The quantitative estimate of drug-likeness (QED) is 0.321. The van der Waals surface area contributed by atoms with Gasteiger partial charge >= 0.3 is 0 Å². The Labute approximate surface area is 164 Å². The van der Waals surface area contributed by atoms with E-state index in [1.165, 1.54) is 27.6 Å². The normalized spacial score (nSPS) is 11.0. The van der Waals surface area contributed by atoms with Gasteiger partial charge in [0.2, 0.25) is 0 Å². The molecule has 0 radical (unpaired) electrons. The van der Waals surface area contributed by atoms with Gasteiger partial charge in [-0.05, 0) is 35.7 Å². The molecule has 5 aromatic rings. The summed E-state index contributed by atoms with van der Waals surface area (Å²) in [6.45, 7) is 2.15. The van der Waals surface area contributed by atoms with Gasteiger partial charge in [0.25, 0.3) is 0 Å². The van der Waals surface area contributed by atoms with Crippen LogP contribution in [0.15, 0.2) is 108 Å². The SMILES string of the molecule is Cc1c(-c2ccccc2)oc2c(-c3ccccc3)cc(-c3ccccc3)cc12. The average Bonchev–Trinajstić information content (AvgIpc) is 3.11. The van der Waals surface area contributed by atoms with Crippen molar-refractivity contribution in [2.45, 2.75) is 6.92 Å². The summed E-state index contributed by atoms with van der Waals surface area (Å²) in [7, 11) is 0. The van der Waals surface area contributed by atoms with Crippen LogP contribution in [0.4, 0.5) is 0 Å². The van der Waals surface area contributed by atoms with E-state index in [1.807, 2.05) is 12.1 Å². The van der Waals surface area contributed by atoms with E-state index in [4.69, 9.17) is 4.42 Å². The highest BCUT2D eigenvalue weighted by Gasteiger charge is 2.17. The van der Waals surface area contributed by atoms with E-state index in [-0.39, 0.29) is 0 Å². The van der Waals surface area contributed by atoms with Crippen molar-refractivity contribution in [3.05, 3.63) is 109 Å². The van der Waals surface area contributed by atoms with Gasteiger partial charge in [-0.2, -0.15) is 0 Å². The lowest BCUT2D eigenvalue weighted by atomic mass is 9.95. The molecule has 0 saturated carbocycles.